The summed E-state index contributed by atoms with van der Waals surface area (Å²) < 4.78 is 29.8. The van der Waals surface area contributed by atoms with Crippen LogP contribution in [0.5, 0.6) is 0 Å². The van der Waals surface area contributed by atoms with E-state index in [9.17, 15) is 18.4 Å². The molecule has 19 heavy (non-hydrogen) atoms. The van der Waals surface area contributed by atoms with Crippen molar-refractivity contribution < 1.29 is 13.2 Å². The smallest absolute Gasteiger partial charge is 0.340 e. The maximum absolute atomic E-state index is 12.5. The molecule has 5 nitrogen and oxygen atoms in total. The van der Waals surface area contributed by atoms with Gasteiger partial charge in [-0.25, -0.2) is 13.6 Å². The first-order chi connectivity index (χ1) is 9.02. The van der Waals surface area contributed by atoms with Crippen molar-refractivity contribution in [3.05, 3.63) is 38.2 Å². The van der Waals surface area contributed by atoms with Gasteiger partial charge in [0.15, 0.2) is 5.82 Å². The molecule has 0 aliphatic rings. The van der Waals surface area contributed by atoms with Crippen LogP contribution in [0.3, 0.4) is 0 Å². The largest absolute Gasteiger partial charge is 0.403 e. The molecular weight excluding hydrogens is 258 g/mol. The summed E-state index contributed by atoms with van der Waals surface area (Å²) in [5, 5.41) is 0.00935. The zero-order valence-electron chi connectivity index (χ0n) is 10.2. The molecule has 1 N–H and O–H groups in total. The molecule has 0 aromatic carbocycles. The molecule has 0 saturated carbocycles. The van der Waals surface area contributed by atoms with Crippen LogP contribution >= 0.6 is 0 Å². The van der Waals surface area contributed by atoms with Gasteiger partial charge in [-0.15, -0.1) is 0 Å². The number of aryl methyl sites for hydroxylation is 1. The lowest BCUT2D eigenvalue weighted by Crippen LogP contribution is -2.16. The molecule has 0 atom stereocenters. The minimum Gasteiger partial charge on any atom is -0.403 e. The molecule has 102 valence electrons. The summed E-state index contributed by atoms with van der Waals surface area (Å²) in [6, 6.07) is 1.36. The van der Waals surface area contributed by atoms with E-state index in [0.717, 1.165) is 12.8 Å². The highest BCUT2D eigenvalue weighted by Crippen LogP contribution is 2.15. The maximum Gasteiger partial charge on any atom is 0.340 e. The van der Waals surface area contributed by atoms with Crippen LogP contribution < -0.4 is 11.2 Å². The molecule has 2 aromatic heterocycles. The Morgan fingerprint density at radius 2 is 2.16 bits per heavy atom. The Morgan fingerprint density at radius 1 is 1.42 bits per heavy atom. The quantitative estimate of drug-likeness (QED) is 0.923. The van der Waals surface area contributed by atoms with Gasteiger partial charge < -0.3 is 9.40 Å². The lowest BCUT2D eigenvalue weighted by Gasteiger charge is -2.02. The third kappa shape index (κ3) is 2.69. The Bertz CT molecular complexity index is 706. The van der Waals surface area contributed by atoms with E-state index in [1.807, 2.05) is 11.9 Å². The van der Waals surface area contributed by atoms with Crippen molar-refractivity contribution in [2.45, 2.75) is 32.6 Å². The van der Waals surface area contributed by atoms with Gasteiger partial charge in [0.25, 0.3) is 12.0 Å². The van der Waals surface area contributed by atoms with Gasteiger partial charge in [-0.3, -0.25) is 4.79 Å². The van der Waals surface area contributed by atoms with Crippen molar-refractivity contribution in [2.24, 2.45) is 0 Å². The second-order valence-electron chi connectivity index (χ2n) is 4.13. The van der Waals surface area contributed by atoms with Crippen LogP contribution in [0.25, 0.3) is 11.1 Å². The van der Waals surface area contributed by atoms with Crippen LogP contribution in [-0.4, -0.2) is 9.97 Å². The second kappa shape index (κ2) is 5.29. The lowest BCUT2D eigenvalue weighted by molar-refractivity contribution is 0.140. The fourth-order valence-electron chi connectivity index (χ4n) is 1.71. The number of rotatable bonds is 4. The molecule has 0 aliphatic heterocycles. The molecule has 0 unspecified atom stereocenters. The number of aromatic amines is 1. The highest BCUT2D eigenvalue weighted by molar-refractivity contribution is 5.71. The van der Waals surface area contributed by atoms with Crippen LogP contribution in [0.15, 0.2) is 20.1 Å². The number of nitrogens with zero attached hydrogens (tertiary/aromatic N) is 1. The maximum atomic E-state index is 12.5. The average Bonchev–Trinajstić information content (AvgIpc) is 2.36. The van der Waals surface area contributed by atoms with E-state index < -0.39 is 23.4 Å². The summed E-state index contributed by atoms with van der Waals surface area (Å²) in [5.74, 6) is -0.804. The molecule has 0 amide bonds. The number of unbranched alkanes of at least 4 members (excludes halogenated alkanes) is 1. The van der Waals surface area contributed by atoms with Crippen LogP contribution in [0.2, 0.25) is 0 Å². The van der Waals surface area contributed by atoms with Gasteiger partial charge in [-0.2, -0.15) is 4.98 Å². The van der Waals surface area contributed by atoms with E-state index in [4.69, 9.17) is 4.42 Å². The Balaban J connectivity index is 2.61. The molecule has 0 bridgehead atoms. The van der Waals surface area contributed by atoms with E-state index >= 15 is 0 Å². The van der Waals surface area contributed by atoms with Gasteiger partial charge in [-0.1, -0.05) is 13.3 Å². The van der Waals surface area contributed by atoms with Crippen LogP contribution in [0.4, 0.5) is 8.78 Å². The van der Waals surface area contributed by atoms with Gasteiger partial charge in [0.1, 0.15) is 5.39 Å². The second-order valence-corrected chi connectivity index (χ2v) is 4.13. The van der Waals surface area contributed by atoms with Crippen molar-refractivity contribution in [3.8, 4) is 0 Å². The minimum absolute atomic E-state index is 0.00935. The molecule has 0 spiro atoms. The van der Waals surface area contributed by atoms with E-state index in [0.29, 0.717) is 12.0 Å². The predicted molar refractivity (Wildman–Crippen MR) is 64.5 cm³/mol. The van der Waals surface area contributed by atoms with Gasteiger partial charge in [0, 0.05) is 5.56 Å². The Hall–Kier alpha value is -2.05. The van der Waals surface area contributed by atoms with E-state index in [2.05, 4.69) is 4.98 Å². The molecule has 0 fully saturated rings. The van der Waals surface area contributed by atoms with E-state index in [1.165, 1.54) is 6.07 Å². The van der Waals surface area contributed by atoms with Crippen LogP contribution in [0, 0.1) is 0 Å². The molecule has 2 rings (SSSR count). The summed E-state index contributed by atoms with van der Waals surface area (Å²) >= 11 is 0. The Kier molecular flexibility index (Phi) is 3.73. The van der Waals surface area contributed by atoms with Crippen molar-refractivity contribution in [2.75, 3.05) is 0 Å². The predicted octanol–water partition coefficient (Wildman–Crippen LogP) is 2.16. The normalized spacial score (nSPS) is 11.4. The SMILES string of the molecule is CCCCc1cc2c(=O)[nH]c(C(F)F)nc2oc1=O. The highest BCUT2D eigenvalue weighted by Gasteiger charge is 2.15. The standard InChI is InChI=1S/C12H12F2N2O3/c1-2-3-4-6-5-7-10(17)15-9(8(13)14)16-11(7)19-12(6)18/h5,8H,2-4H2,1H3,(H,15,16,17). The zero-order valence-corrected chi connectivity index (χ0v) is 10.2. The summed E-state index contributed by atoms with van der Waals surface area (Å²) in [7, 11) is 0. The average molecular weight is 270 g/mol. The molecule has 0 aliphatic carbocycles. The summed E-state index contributed by atoms with van der Waals surface area (Å²) in [6.45, 7) is 1.96. The van der Waals surface area contributed by atoms with E-state index in [1.54, 1.807) is 0 Å². The number of fused-ring (bicyclic) bond motifs is 1. The van der Waals surface area contributed by atoms with Crippen LogP contribution in [-0.2, 0) is 6.42 Å². The fourth-order valence-corrected chi connectivity index (χ4v) is 1.71. The summed E-state index contributed by atoms with van der Waals surface area (Å²) in [5.41, 5.74) is -1.38. The monoisotopic (exact) mass is 270 g/mol. The van der Waals surface area contributed by atoms with Crippen molar-refractivity contribution in [1.82, 2.24) is 9.97 Å². The molecule has 0 radical (unpaired) electrons. The van der Waals surface area contributed by atoms with Crippen molar-refractivity contribution >= 4 is 11.1 Å². The topological polar surface area (TPSA) is 76.0 Å². The number of nitrogens with one attached hydrogen (secondary N) is 1. The Labute approximate surface area is 106 Å². The number of alkyl halides is 2. The van der Waals surface area contributed by atoms with Crippen molar-refractivity contribution in [1.29, 1.82) is 0 Å². The third-order valence-electron chi connectivity index (χ3n) is 2.72. The van der Waals surface area contributed by atoms with E-state index in [-0.39, 0.29) is 11.1 Å². The number of H-pyrrole nitrogens is 1. The highest BCUT2D eigenvalue weighted by atomic mass is 19.3. The number of hydrogen-bond acceptors (Lipinski definition) is 4. The number of aromatic nitrogens is 2. The van der Waals surface area contributed by atoms with Crippen LogP contribution in [0.1, 0.15) is 37.6 Å². The van der Waals surface area contributed by atoms with Crippen molar-refractivity contribution in [3.63, 3.8) is 0 Å². The summed E-state index contributed by atoms with van der Waals surface area (Å²) in [4.78, 5) is 28.7. The minimum atomic E-state index is -2.93. The zero-order chi connectivity index (χ0) is 14.0. The molecular formula is C12H12F2N2O3. The first-order valence-electron chi connectivity index (χ1n) is 5.88. The van der Waals surface area contributed by atoms with Gasteiger partial charge in [0.2, 0.25) is 5.71 Å². The molecule has 2 aromatic rings. The van der Waals surface area contributed by atoms with Gasteiger partial charge in [-0.05, 0) is 18.9 Å². The summed E-state index contributed by atoms with van der Waals surface area (Å²) in [6.07, 6.45) is -0.792. The third-order valence-corrected chi connectivity index (χ3v) is 2.72. The molecule has 7 heteroatoms. The first-order valence-corrected chi connectivity index (χ1v) is 5.88. The number of halogens is 2. The molecule has 0 saturated heterocycles. The number of hydrogen-bond donors (Lipinski definition) is 1. The van der Waals surface area contributed by atoms with Gasteiger partial charge >= 0.3 is 5.63 Å². The Morgan fingerprint density at radius 3 is 2.79 bits per heavy atom. The molecule has 2 heterocycles. The van der Waals surface area contributed by atoms with Gasteiger partial charge in [0.05, 0.1) is 0 Å². The first kappa shape index (κ1) is 13.4. The fraction of sp³-hybridized carbons (Fsp3) is 0.417. The lowest BCUT2D eigenvalue weighted by atomic mass is 10.1.